The van der Waals surface area contributed by atoms with Crippen molar-refractivity contribution in [3.63, 3.8) is 0 Å². The molecule has 1 aliphatic carbocycles. The molecule has 1 aliphatic rings. The summed E-state index contributed by atoms with van der Waals surface area (Å²) in [5.41, 5.74) is -0.612. The van der Waals surface area contributed by atoms with Crippen molar-refractivity contribution < 1.29 is 9.59 Å². The van der Waals surface area contributed by atoms with Gasteiger partial charge in [-0.2, -0.15) is 0 Å². The quantitative estimate of drug-likeness (QED) is 0.591. The Kier molecular flexibility index (Phi) is 2.36. The van der Waals surface area contributed by atoms with E-state index in [-0.39, 0.29) is 11.6 Å². The molecule has 1 atom stereocenters. The summed E-state index contributed by atoms with van der Waals surface area (Å²) in [6.07, 6.45) is 2.54. The summed E-state index contributed by atoms with van der Waals surface area (Å²) in [4.78, 5) is 22.7. The average Bonchev–Trinajstić information content (AvgIpc) is 2.32. The number of carbonyl (C=O) groups is 2. The summed E-state index contributed by atoms with van der Waals surface area (Å²) in [6.45, 7) is 5.19. The molecule has 0 aliphatic heterocycles. The molecule has 68 valence electrons. The highest BCUT2D eigenvalue weighted by molar-refractivity contribution is 6.05. The Morgan fingerprint density at radius 2 is 1.75 bits per heavy atom. The number of rotatable bonds is 2. The zero-order chi connectivity index (χ0) is 9.35. The summed E-state index contributed by atoms with van der Waals surface area (Å²) < 4.78 is 0. The number of ketones is 2. The van der Waals surface area contributed by atoms with Gasteiger partial charge in [0.1, 0.15) is 11.6 Å². The minimum atomic E-state index is -0.612. The van der Waals surface area contributed by atoms with E-state index >= 15 is 0 Å². The molecule has 0 aromatic carbocycles. The smallest absolute Gasteiger partial charge is 0.143 e. The van der Waals surface area contributed by atoms with E-state index in [0.717, 1.165) is 19.3 Å². The first-order valence-electron chi connectivity index (χ1n) is 4.51. The van der Waals surface area contributed by atoms with E-state index in [1.165, 1.54) is 0 Å². The SMILES string of the molecule is CC(=O)C1(C(C)=O)CC[C@H](C)C1. The first-order valence-corrected chi connectivity index (χ1v) is 4.51. The van der Waals surface area contributed by atoms with Crippen LogP contribution in [-0.2, 0) is 9.59 Å². The topological polar surface area (TPSA) is 34.1 Å². The lowest BCUT2D eigenvalue weighted by Crippen LogP contribution is -2.33. The first-order chi connectivity index (χ1) is 5.49. The highest BCUT2D eigenvalue weighted by Crippen LogP contribution is 2.42. The second-order valence-corrected chi connectivity index (χ2v) is 4.04. The molecule has 1 fully saturated rings. The molecule has 2 nitrogen and oxygen atoms in total. The second-order valence-electron chi connectivity index (χ2n) is 4.04. The van der Waals surface area contributed by atoms with Crippen molar-refractivity contribution in [2.45, 2.75) is 40.0 Å². The van der Waals surface area contributed by atoms with Crippen LogP contribution in [0.3, 0.4) is 0 Å². The number of carbonyl (C=O) groups excluding carboxylic acids is 2. The molecule has 12 heavy (non-hydrogen) atoms. The third-order valence-corrected chi connectivity index (χ3v) is 3.11. The molecule has 0 aromatic rings. The van der Waals surface area contributed by atoms with Crippen molar-refractivity contribution >= 4 is 11.6 Å². The Hall–Kier alpha value is -0.660. The maximum Gasteiger partial charge on any atom is 0.143 e. The van der Waals surface area contributed by atoms with Crippen molar-refractivity contribution in [1.29, 1.82) is 0 Å². The van der Waals surface area contributed by atoms with Crippen LogP contribution in [0.4, 0.5) is 0 Å². The third-order valence-electron chi connectivity index (χ3n) is 3.11. The van der Waals surface area contributed by atoms with E-state index in [1.54, 1.807) is 13.8 Å². The van der Waals surface area contributed by atoms with E-state index < -0.39 is 5.41 Å². The molecular formula is C10H16O2. The average molecular weight is 168 g/mol. The lowest BCUT2D eigenvalue weighted by atomic mass is 9.78. The van der Waals surface area contributed by atoms with Crippen LogP contribution in [-0.4, -0.2) is 11.6 Å². The molecular weight excluding hydrogens is 152 g/mol. The molecule has 0 aromatic heterocycles. The maximum atomic E-state index is 11.3. The van der Waals surface area contributed by atoms with Gasteiger partial charge in [-0.05, 0) is 39.0 Å². The summed E-state index contributed by atoms with van der Waals surface area (Å²) >= 11 is 0. The summed E-state index contributed by atoms with van der Waals surface area (Å²) in [6, 6.07) is 0. The van der Waals surface area contributed by atoms with Crippen LogP contribution in [0, 0.1) is 11.3 Å². The Morgan fingerprint density at radius 1 is 1.25 bits per heavy atom. The van der Waals surface area contributed by atoms with Crippen LogP contribution in [0.5, 0.6) is 0 Å². The van der Waals surface area contributed by atoms with Gasteiger partial charge in [0.05, 0.1) is 5.41 Å². The van der Waals surface area contributed by atoms with Gasteiger partial charge in [0.25, 0.3) is 0 Å². The number of hydrogen-bond donors (Lipinski definition) is 0. The van der Waals surface area contributed by atoms with Gasteiger partial charge in [-0.15, -0.1) is 0 Å². The van der Waals surface area contributed by atoms with Crippen molar-refractivity contribution in [1.82, 2.24) is 0 Å². The minimum absolute atomic E-state index is 0.0550. The van der Waals surface area contributed by atoms with Crippen molar-refractivity contribution in [2.24, 2.45) is 11.3 Å². The van der Waals surface area contributed by atoms with Gasteiger partial charge < -0.3 is 0 Å². The third kappa shape index (κ3) is 1.30. The highest BCUT2D eigenvalue weighted by Gasteiger charge is 2.45. The molecule has 0 radical (unpaired) electrons. The van der Waals surface area contributed by atoms with E-state index in [4.69, 9.17) is 0 Å². The van der Waals surface area contributed by atoms with E-state index in [9.17, 15) is 9.59 Å². The first kappa shape index (κ1) is 9.43. The van der Waals surface area contributed by atoms with Gasteiger partial charge in [-0.3, -0.25) is 9.59 Å². The Labute approximate surface area is 73.3 Å². The van der Waals surface area contributed by atoms with Gasteiger partial charge >= 0.3 is 0 Å². The molecule has 0 spiro atoms. The van der Waals surface area contributed by atoms with Crippen LogP contribution < -0.4 is 0 Å². The molecule has 2 heteroatoms. The standard InChI is InChI=1S/C10H16O2/c1-7-4-5-10(6-7,8(2)11)9(3)12/h7H,4-6H2,1-3H3/t7-/m0/s1. The predicted molar refractivity (Wildman–Crippen MR) is 46.8 cm³/mol. The Balaban J connectivity index is 2.89. The molecule has 1 rings (SSSR count). The van der Waals surface area contributed by atoms with Crippen LogP contribution >= 0.6 is 0 Å². The van der Waals surface area contributed by atoms with Gasteiger partial charge in [-0.25, -0.2) is 0 Å². The summed E-state index contributed by atoms with van der Waals surface area (Å²) in [5.74, 6) is 0.636. The van der Waals surface area contributed by atoms with Crippen molar-refractivity contribution in [3.8, 4) is 0 Å². The van der Waals surface area contributed by atoms with E-state index in [2.05, 4.69) is 6.92 Å². The maximum absolute atomic E-state index is 11.3. The molecule has 1 saturated carbocycles. The summed E-state index contributed by atoms with van der Waals surface area (Å²) in [5, 5.41) is 0. The fourth-order valence-electron chi connectivity index (χ4n) is 2.18. The van der Waals surface area contributed by atoms with Gasteiger partial charge in [0.2, 0.25) is 0 Å². The fourth-order valence-corrected chi connectivity index (χ4v) is 2.18. The van der Waals surface area contributed by atoms with Crippen molar-refractivity contribution in [2.75, 3.05) is 0 Å². The monoisotopic (exact) mass is 168 g/mol. The largest absolute Gasteiger partial charge is 0.299 e. The van der Waals surface area contributed by atoms with Crippen LogP contribution in [0.2, 0.25) is 0 Å². The highest BCUT2D eigenvalue weighted by atomic mass is 16.2. The number of Topliss-reactive ketones (excluding diaryl/α,β-unsaturated/α-hetero) is 2. The van der Waals surface area contributed by atoms with E-state index in [0.29, 0.717) is 5.92 Å². The van der Waals surface area contributed by atoms with Crippen LogP contribution in [0.1, 0.15) is 40.0 Å². The minimum Gasteiger partial charge on any atom is -0.299 e. The molecule has 0 bridgehead atoms. The zero-order valence-electron chi connectivity index (χ0n) is 8.02. The Bertz CT molecular complexity index is 204. The normalized spacial score (nSPS) is 27.1. The molecule has 0 saturated heterocycles. The van der Waals surface area contributed by atoms with Crippen LogP contribution in [0.15, 0.2) is 0 Å². The second kappa shape index (κ2) is 3.00. The lowest BCUT2D eigenvalue weighted by Gasteiger charge is -2.22. The van der Waals surface area contributed by atoms with Gasteiger partial charge in [-0.1, -0.05) is 6.92 Å². The number of hydrogen-bond acceptors (Lipinski definition) is 2. The zero-order valence-corrected chi connectivity index (χ0v) is 8.02. The van der Waals surface area contributed by atoms with Crippen molar-refractivity contribution in [3.05, 3.63) is 0 Å². The molecule has 0 N–H and O–H groups in total. The van der Waals surface area contributed by atoms with Gasteiger partial charge in [0.15, 0.2) is 0 Å². The van der Waals surface area contributed by atoms with E-state index in [1.807, 2.05) is 0 Å². The summed E-state index contributed by atoms with van der Waals surface area (Å²) in [7, 11) is 0. The predicted octanol–water partition coefficient (Wildman–Crippen LogP) is 1.97. The van der Waals surface area contributed by atoms with Crippen LogP contribution in [0.25, 0.3) is 0 Å². The molecule has 0 heterocycles. The Morgan fingerprint density at radius 3 is 1.92 bits per heavy atom. The molecule has 0 amide bonds. The molecule has 0 unspecified atom stereocenters. The van der Waals surface area contributed by atoms with Gasteiger partial charge in [0, 0.05) is 0 Å². The fraction of sp³-hybridized carbons (Fsp3) is 0.800. The lowest BCUT2D eigenvalue weighted by molar-refractivity contribution is -0.138.